The molecule has 0 bridgehead atoms. The van der Waals surface area contributed by atoms with Crippen LogP contribution in [0.3, 0.4) is 0 Å². The van der Waals surface area contributed by atoms with Crippen LogP contribution >= 0.6 is 23.6 Å². The van der Waals surface area contributed by atoms with Gasteiger partial charge in [0, 0.05) is 0 Å². The number of benzene rings is 1. The average Bonchev–Trinajstić information content (AvgIpc) is 3.06. The summed E-state index contributed by atoms with van der Waals surface area (Å²) < 4.78 is 15.0. The van der Waals surface area contributed by atoms with Crippen LogP contribution in [-0.4, -0.2) is 21.1 Å². The largest absolute Gasteiger partial charge is 0.250 e. The summed E-state index contributed by atoms with van der Waals surface area (Å²) in [7, 11) is 0. The second-order valence-electron chi connectivity index (χ2n) is 3.94. The quantitative estimate of drug-likeness (QED) is 0.592. The van der Waals surface area contributed by atoms with Gasteiger partial charge in [-0.1, -0.05) is 18.2 Å². The van der Waals surface area contributed by atoms with Crippen LogP contribution in [0.15, 0.2) is 46.9 Å². The summed E-state index contributed by atoms with van der Waals surface area (Å²) in [6.45, 7) is 0. The third-order valence-corrected chi connectivity index (χ3v) is 3.69. The maximum absolute atomic E-state index is 13.1. The van der Waals surface area contributed by atoms with E-state index in [0.29, 0.717) is 16.2 Å². The number of hydrogen-bond acceptors (Lipinski definition) is 4. The van der Waals surface area contributed by atoms with Gasteiger partial charge in [-0.15, -0.1) is 11.3 Å². The van der Waals surface area contributed by atoms with Crippen molar-refractivity contribution in [3.8, 4) is 10.7 Å². The van der Waals surface area contributed by atoms with Crippen LogP contribution in [0.25, 0.3) is 10.7 Å². The van der Waals surface area contributed by atoms with Crippen molar-refractivity contribution in [3.05, 3.63) is 57.9 Å². The zero-order chi connectivity index (χ0) is 13.9. The van der Waals surface area contributed by atoms with E-state index in [9.17, 15) is 4.39 Å². The van der Waals surface area contributed by atoms with Crippen molar-refractivity contribution >= 4 is 29.8 Å². The van der Waals surface area contributed by atoms with Crippen LogP contribution in [0.2, 0.25) is 0 Å². The summed E-state index contributed by atoms with van der Waals surface area (Å²) in [5, 5.41) is 13.1. The molecule has 1 aromatic carbocycles. The Balaban J connectivity index is 1.99. The van der Waals surface area contributed by atoms with Crippen LogP contribution in [0.1, 0.15) is 5.56 Å². The van der Waals surface area contributed by atoms with Crippen molar-refractivity contribution in [2.75, 3.05) is 0 Å². The first-order valence-electron chi connectivity index (χ1n) is 5.75. The van der Waals surface area contributed by atoms with Gasteiger partial charge >= 0.3 is 0 Å². The van der Waals surface area contributed by atoms with Gasteiger partial charge in [0.2, 0.25) is 4.77 Å². The lowest BCUT2D eigenvalue weighted by molar-refractivity contribution is 0.627. The molecule has 7 heteroatoms. The van der Waals surface area contributed by atoms with Crippen molar-refractivity contribution < 1.29 is 4.39 Å². The van der Waals surface area contributed by atoms with Gasteiger partial charge < -0.3 is 0 Å². The number of rotatable bonds is 3. The van der Waals surface area contributed by atoms with Crippen LogP contribution in [0.5, 0.6) is 0 Å². The molecule has 0 unspecified atom stereocenters. The minimum absolute atomic E-state index is 0.303. The van der Waals surface area contributed by atoms with Crippen LogP contribution in [0.4, 0.5) is 4.39 Å². The molecule has 0 atom stereocenters. The molecule has 100 valence electrons. The molecule has 0 spiro atoms. The average molecular weight is 304 g/mol. The Labute approximate surface area is 123 Å². The number of thiophene rings is 1. The molecule has 3 rings (SSSR count). The van der Waals surface area contributed by atoms with Gasteiger partial charge in [0.05, 0.1) is 11.1 Å². The molecule has 2 aromatic heterocycles. The van der Waals surface area contributed by atoms with Crippen molar-refractivity contribution in [3.63, 3.8) is 0 Å². The highest BCUT2D eigenvalue weighted by Gasteiger charge is 2.08. The van der Waals surface area contributed by atoms with E-state index in [2.05, 4.69) is 15.3 Å². The molecule has 0 fully saturated rings. The van der Waals surface area contributed by atoms with Gasteiger partial charge in [-0.05, 0) is 41.4 Å². The van der Waals surface area contributed by atoms with Crippen molar-refractivity contribution in [1.82, 2.24) is 14.9 Å². The Morgan fingerprint density at radius 3 is 3.00 bits per heavy atom. The summed E-state index contributed by atoms with van der Waals surface area (Å²) in [5.74, 6) is 0.334. The SMILES string of the molecule is Fc1cccc(/C=N\n2c(-c3cccs3)n[nH]c2=S)c1. The zero-order valence-electron chi connectivity index (χ0n) is 10.2. The maximum Gasteiger partial charge on any atom is 0.216 e. The third-order valence-electron chi connectivity index (χ3n) is 2.56. The van der Waals surface area contributed by atoms with Gasteiger partial charge in [-0.25, -0.2) is 9.49 Å². The highest BCUT2D eigenvalue weighted by Crippen LogP contribution is 2.22. The van der Waals surface area contributed by atoms with Gasteiger partial charge in [0.15, 0.2) is 5.82 Å². The van der Waals surface area contributed by atoms with E-state index in [1.807, 2.05) is 17.5 Å². The fraction of sp³-hybridized carbons (Fsp3) is 0. The molecular weight excluding hydrogens is 295 g/mol. The highest BCUT2D eigenvalue weighted by molar-refractivity contribution is 7.71. The second kappa shape index (κ2) is 5.48. The number of halogens is 1. The summed E-state index contributed by atoms with van der Waals surface area (Å²) in [4.78, 5) is 0.953. The highest BCUT2D eigenvalue weighted by atomic mass is 32.1. The molecule has 0 saturated heterocycles. The van der Waals surface area contributed by atoms with Gasteiger partial charge in [-0.3, -0.25) is 0 Å². The molecule has 0 saturated carbocycles. The van der Waals surface area contributed by atoms with Crippen molar-refractivity contribution in [2.24, 2.45) is 5.10 Å². The fourth-order valence-electron chi connectivity index (χ4n) is 1.68. The molecule has 2 heterocycles. The Bertz CT molecular complexity index is 802. The Morgan fingerprint density at radius 1 is 1.35 bits per heavy atom. The zero-order valence-corrected chi connectivity index (χ0v) is 11.8. The van der Waals surface area contributed by atoms with E-state index in [0.717, 1.165) is 4.88 Å². The first-order valence-corrected chi connectivity index (χ1v) is 7.04. The smallest absolute Gasteiger partial charge is 0.216 e. The van der Waals surface area contributed by atoms with Crippen molar-refractivity contribution in [1.29, 1.82) is 0 Å². The third kappa shape index (κ3) is 2.59. The molecule has 4 nitrogen and oxygen atoms in total. The van der Waals surface area contributed by atoms with E-state index < -0.39 is 0 Å². The molecule has 1 N–H and O–H groups in total. The Kier molecular flexibility index (Phi) is 3.53. The van der Waals surface area contributed by atoms with E-state index in [1.54, 1.807) is 29.7 Å². The van der Waals surface area contributed by atoms with E-state index in [4.69, 9.17) is 12.2 Å². The maximum atomic E-state index is 13.1. The molecule has 0 aliphatic carbocycles. The predicted molar refractivity (Wildman–Crippen MR) is 80.1 cm³/mol. The number of aromatic nitrogens is 3. The normalized spacial score (nSPS) is 11.2. The standard InChI is InChI=1S/C13H9FN4S2/c14-10-4-1-3-9(7-10)8-15-18-12(16-17-13(18)19)11-5-2-6-20-11/h1-8H,(H,17,19)/b15-8-. The number of aromatic amines is 1. The van der Waals surface area contributed by atoms with E-state index in [1.165, 1.54) is 16.8 Å². The minimum atomic E-state index is -0.303. The monoisotopic (exact) mass is 304 g/mol. The molecule has 3 aromatic rings. The predicted octanol–water partition coefficient (Wildman–Crippen LogP) is 3.69. The minimum Gasteiger partial charge on any atom is -0.250 e. The lowest BCUT2D eigenvalue weighted by Gasteiger charge is -1.98. The molecule has 0 aliphatic heterocycles. The molecule has 0 radical (unpaired) electrons. The molecule has 0 aliphatic rings. The first kappa shape index (κ1) is 12.9. The molecule has 0 amide bonds. The number of hydrogen-bond donors (Lipinski definition) is 1. The number of nitrogens with one attached hydrogen (secondary N) is 1. The van der Waals surface area contributed by atoms with Crippen LogP contribution in [0, 0.1) is 10.6 Å². The molecule has 20 heavy (non-hydrogen) atoms. The Hall–Kier alpha value is -2.12. The summed E-state index contributed by atoms with van der Waals surface area (Å²) in [5.41, 5.74) is 0.658. The number of nitrogens with zero attached hydrogens (tertiary/aromatic N) is 3. The van der Waals surface area contributed by atoms with E-state index >= 15 is 0 Å². The van der Waals surface area contributed by atoms with Crippen LogP contribution < -0.4 is 0 Å². The lowest BCUT2D eigenvalue weighted by Crippen LogP contribution is -1.94. The second-order valence-corrected chi connectivity index (χ2v) is 5.28. The summed E-state index contributed by atoms with van der Waals surface area (Å²) in [6.07, 6.45) is 1.55. The number of H-pyrrole nitrogens is 1. The van der Waals surface area contributed by atoms with Gasteiger partial charge in [0.1, 0.15) is 5.82 Å². The lowest BCUT2D eigenvalue weighted by atomic mass is 10.2. The van der Waals surface area contributed by atoms with E-state index in [-0.39, 0.29) is 5.82 Å². The van der Waals surface area contributed by atoms with Gasteiger partial charge in [0.25, 0.3) is 0 Å². The van der Waals surface area contributed by atoms with Gasteiger partial charge in [-0.2, -0.15) is 14.9 Å². The van der Waals surface area contributed by atoms with Crippen LogP contribution in [-0.2, 0) is 0 Å². The summed E-state index contributed by atoms with van der Waals surface area (Å²) in [6, 6.07) is 10.0. The fourth-order valence-corrected chi connectivity index (χ4v) is 2.55. The first-order chi connectivity index (χ1) is 9.74. The Morgan fingerprint density at radius 2 is 2.25 bits per heavy atom. The van der Waals surface area contributed by atoms with Crippen molar-refractivity contribution in [2.45, 2.75) is 0 Å². The summed E-state index contributed by atoms with van der Waals surface area (Å²) >= 11 is 6.69. The molecular formula is C13H9FN4S2. The topological polar surface area (TPSA) is 46.0 Å².